The van der Waals surface area contributed by atoms with Crippen molar-refractivity contribution in [3.05, 3.63) is 47.5 Å². The second-order valence-corrected chi connectivity index (χ2v) is 13.7. The summed E-state index contributed by atoms with van der Waals surface area (Å²) >= 11 is 0. The van der Waals surface area contributed by atoms with Crippen molar-refractivity contribution in [3.8, 4) is 0 Å². The van der Waals surface area contributed by atoms with Crippen LogP contribution in [-0.2, 0) is 35.1 Å². The lowest BCUT2D eigenvalue weighted by Gasteiger charge is -2.60. The fourth-order valence-corrected chi connectivity index (χ4v) is 9.02. The van der Waals surface area contributed by atoms with Crippen LogP contribution < -0.4 is 5.32 Å². The highest BCUT2D eigenvalue weighted by molar-refractivity contribution is 5.92. The summed E-state index contributed by atoms with van der Waals surface area (Å²) in [6.07, 6.45) is 4.20. The monoisotopic (exact) mass is 609 g/mol. The Morgan fingerprint density at radius 3 is 2.48 bits per heavy atom. The quantitative estimate of drug-likeness (QED) is 0.292. The van der Waals surface area contributed by atoms with Crippen molar-refractivity contribution >= 4 is 29.4 Å². The van der Waals surface area contributed by atoms with Crippen LogP contribution >= 0.6 is 0 Å². The molecule has 1 amide bonds. The number of carboxylic acid groups (broad SMARTS) is 1. The van der Waals surface area contributed by atoms with Crippen LogP contribution in [0, 0.1) is 28.6 Å². The lowest BCUT2D eigenvalue weighted by atomic mass is 9.45. The van der Waals surface area contributed by atoms with Crippen molar-refractivity contribution in [1.29, 1.82) is 0 Å². The number of ketones is 2. The number of carboxylic acids is 1. The van der Waals surface area contributed by atoms with Gasteiger partial charge in [0.2, 0.25) is 11.7 Å². The SMILES string of the molecule is C[C@]12CCC(=O)C=C1CC[C@@H]1[C@@H]2[C@H](O)C[C@@]2(C)[C@H]1CC[C@]2(O)C(=O)COC(=O)CCC(=O)N[C@H](Cc1ccccc1)C(=O)O. The largest absolute Gasteiger partial charge is 0.480 e. The molecule has 0 heterocycles. The molecule has 4 aliphatic rings. The molecule has 0 aliphatic heterocycles. The number of amides is 1. The van der Waals surface area contributed by atoms with E-state index in [1.807, 2.05) is 6.92 Å². The van der Waals surface area contributed by atoms with Gasteiger partial charge in [0.05, 0.1) is 12.5 Å². The number of ether oxygens (including phenoxy) is 1. The van der Waals surface area contributed by atoms with Crippen molar-refractivity contribution in [1.82, 2.24) is 5.32 Å². The van der Waals surface area contributed by atoms with Gasteiger partial charge in [-0.15, -0.1) is 0 Å². The minimum atomic E-state index is -1.77. The number of rotatable bonds is 10. The van der Waals surface area contributed by atoms with E-state index < -0.39 is 53.4 Å². The fraction of sp³-hybridized carbons (Fsp3) is 0.618. The molecule has 238 valence electrons. The van der Waals surface area contributed by atoms with Crippen molar-refractivity contribution < 1.29 is 44.0 Å². The topological polar surface area (TPSA) is 167 Å². The van der Waals surface area contributed by atoms with Gasteiger partial charge >= 0.3 is 11.9 Å². The molecule has 10 heteroatoms. The molecule has 0 bridgehead atoms. The number of aliphatic carboxylic acids is 1. The molecule has 1 aromatic rings. The Labute approximate surface area is 257 Å². The number of carbonyl (C=O) groups is 5. The van der Waals surface area contributed by atoms with Gasteiger partial charge in [-0.1, -0.05) is 49.8 Å². The van der Waals surface area contributed by atoms with E-state index in [2.05, 4.69) is 12.2 Å². The Hall–Kier alpha value is -3.37. The summed E-state index contributed by atoms with van der Waals surface area (Å²) in [7, 11) is 0. The molecule has 0 saturated heterocycles. The molecule has 0 radical (unpaired) electrons. The van der Waals surface area contributed by atoms with Gasteiger partial charge in [-0.05, 0) is 73.3 Å². The smallest absolute Gasteiger partial charge is 0.326 e. The maximum absolute atomic E-state index is 13.5. The highest BCUT2D eigenvalue weighted by Crippen LogP contribution is 2.67. The molecule has 0 aromatic heterocycles. The zero-order valence-corrected chi connectivity index (χ0v) is 25.4. The van der Waals surface area contributed by atoms with E-state index in [0.29, 0.717) is 19.3 Å². The summed E-state index contributed by atoms with van der Waals surface area (Å²) in [6.45, 7) is 3.35. The molecular formula is C34H43NO9. The number of hydrogen-bond acceptors (Lipinski definition) is 8. The van der Waals surface area contributed by atoms with Gasteiger partial charge < -0.3 is 25.4 Å². The average molecular weight is 610 g/mol. The van der Waals surface area contributed by atoms with E-state index >= 15 is 0 Å². The van der Waals surface area contributed by atoms with Gasteiger partial charge in [-0.25, -0.2) is 4.79 Å². The first-order chi connectivity index (χ1) is 20.8. The summed E-state index contributed by atoms with van der Waals surface area (Å²) in [6, 6.07) is 7.70. The van der Waals surface area contributed by atoms with Crippen LogP contribution in [0.4, 0.5) is 0 Å². The van der Waals surface area contributed by atoms with E-state index in [1.165, 1.54) is 0 Å². The van der Waals surface area contributed by atoms with Crippen molar-refractivity contribution in [2.45, 2.75) is 95.8 Å². The van der Waals surface area contributed by atoms with Gasteiger partial charge in [0, 0.05) is 24.7 Å². The van der Waals surface area contributed by atoms with Crippen LogP contribution in [0.3, 0.4) is 0 Å². The molecule has 3 fully saturated rings. The highest BCUT2D eigenvalue weighted by atomic mass is 16.5. The Bertz CT molecular complexity index is 1360. The van der Waals surface area contributed by atoms with Crippen molar-refractivity contribution in [2.24, 2.45) is 28.6 Å². The third-order valence-corrected chi connectivity index (χ3v) is 11.3. The average Bonchev–Trinajstić information content (AvgIpc) is 3.25. The van der Waals surface area contributed by atoms with Crippen LogP contribution in [0.5, 0.6) is 0 Å². The second kappa shape index (κ2) is 12.2. The van der Waals surface area contributed by atoms with Crippen LogP contribution in [0.15, 0.2) is 42.0 Å². The third kappa shape index (κ3) is 5.74. The van der Waals surface area contributed by atoms with Gasteiger partial charge in [0.15, 0.2) is 12.4 Å². The zero-order valence-electron chi connectivity index (χ0n) is 25.4. The first-order valence-electron chi connectivity index (χ1n) is 15.7. The number of allylic oxidation sites excluding steroid dienone is 1. The van der Waals surface area contributed by atoms with Gasteiger partial charge in [0.25, 0.3) is 0 Å². The van der Waals surface area contributed by atoms with E-state index in [0.717, 1.165) is 24.0 Å². The Kier molecular flexibility index (Phi) is 8.88. The molecule has 0 unspecified atom stereocenters. The third-order valence-electron chi connectivity index (χ3n) is 11.3. The Morgan fingerprint density at radius 2 is 1.77 bits per heavy atom. The first-order valence-corrected chi connectivity index (χ1v) is 15.7. The molecule has 5 rings (SSSR count). The number of esters is 1. The van der Waals surface area contributed by atoms with E-state index in [9.17, 15) is 39.3 Å². The van der Waals surface area contributed by atoms with Gasteiger partial charge in [-0.3, -0.25) is 19.2 Å². The molecule has 1 aromatic carbocycles. The lowest BCUT2D eigenvalue weighted by molar-refractivity contribution is -0.184. The highest BCUT2D eigenvalue weighted by Gasteiger charge is 2.68. The van der Waals surface area contributed by atoms with E-state index in [1.54, 1.807) is 36.4 Å². The molecule has 3 saturated carbocycles. The fourth-order valence-electron chi connectivity index (χ4n) is 9.02. The maximum Gasteiger partial charge on any atom is 0.326 e. The maximum atomic E-state index is 13.5. The summed E-state index contributed by atoms with van der Waals surface area (Å²) in [5.41, 5.74) is -1.10. The van der Waals surface area contributed by atoms with Gasteiger partial charge in [-0.2, -0.15) is 0 Å². The molecule has 8 atom stereocenters. The number of carbonyl (C=O) groups excluding carboxylic acids is 4. The van der Waals surface area contributed by atoms with E-state index in [-0.39, 0.29) is 61.1 Å². The van der Waals surface area contributed by atoms with Crippen molar-refractivity contribution in [3.63, 3.8) is 0 Å². The molecule has 0 spiro atoms. The molecular weight excluding hydrogens is 566 g/mol. The lowest BCUT2D eigenvalue weighted by Crippen LogP contribution is -2.62. The summed E-state index contributed by atoms with van der Waals surface area (Å²) in [5.74, 6) is -3.07. The molecule has 10 nitrogen and oxygen atoms in total. The second-order valence-electron chi connectivity index (χ2n) is 13.7. The Balaban J connectivity index is 1.16. The van der Waals surface area contributed by atoms with Crippen LogP contribution in [0.2, 0.25) is 0 Å². The summed E-state index contributed by atoms with van der Waals surface area (Å²) in [4.78, 5) is 62.1. The standard InChI is InChI=1S/C34H43NO9/c1-32-14-12-22(36)17-21(32)8-9-23-24-13-15-34(43,33(24,2)18-26(37)30(23)32)27(38)19-44-29(40)11-10-28(39)35-25(31(41)42)16-20-6-4-3-5-7-20/h3-7,17,23-26,30,37,43H,8-16,18-19H2,1-2H3,(H,35,39)(H,41,42)/t23-,24-,25+,26+,30+,32-,33-,34-/m0/s1. The number of aliphatic hydroxyl groups excluding tert-OH is 1. The van der Waals surface area contributed by atoms with Gasteiger partial charge in [0.1, 0.15) is 11.6 Å². The normalized spacial score (nSPS) is 34.9. The zero-order chi connectivity index (χ0) is 31.9. The molecule has 44 heavy (non-hydrogen) atoms. The van der Waals surface area contributed by atoms with E-state index in [4.69, 9.17) is 4.74 Å². The van der Waals surface area contributed by atoms with Crippen LogP contribution in [0.1, 0.15) is 77.2 Å². The number of aliphatic hydroxyl groups is 2. The van der Waals surface area contributed by atoms with Crippen molar-refractivity contribution in [2.75, 3.05) is 6.61 Å². The number of hydrogen-bond donors (Lipinski definition) is 4. The number of nitrogens with one attached hydrogen (secondary N) is 1. The summed E-state index contributed by atoms with van der Waals surface area (Å²) in [5, 5.41) is 35.3. The van der Waals surface area contributed by atoms with Crippen LogP contribution in [0.25, 0.3) is 0 Å². The number of Topliss-reactive ketones (excluding diaryl/α,β-unsaturated/α-hetero) is 1. The predicted molar refractivity (Wildman–Crippen MR) is 158 cm³/mol. The molecule has 4 N–H and O–H groups in total. The number of benzene rings is 1. The molecule has 4 aliphatic carbocycles. The van der Waals surface area contributed by atoms with Crippen LogP contribution in [-0.4, -0.2) is 69.1 Å². The minimum absolute atomic E-state index is 0.00156. The minimum Gasteiger partial charge on any atom is -0.480 e. The Morgan fingerprint density at radius 1 is 1.05 bits per heavy atom. The summed E-state index contributed by atoms with van der Waals surface area (Å²) < 4.78 is 5.19. The number of fused-ring (bicyclic) bond motifs is 5. The predicted octanol–water partition coefficient (Wildman–Crippen LogP) is 2.92. The first kappa shape index (κ1) is 32.0.